The number of H-pyrrole nitrogens is 1. The van der Waals surface area contributed by atoms with Crippen molar-refractivity contribution in [3.63, 3.8) is 0 Å². The molecule has 3 aromatic heterocycles. The summed E-state index contributed by atoms with van der Waals surface area (Å²) in [6.07, 6.45) is 9.88. The average Bonchev–Trinajstić information content (AvgIpc) is 3.32. The number of aromatic amines is 1. The summed E-state index contributed by atoms with van der Waals surface area (Å²) < 4.78 is 5.90. The number of hydrogen-bond donors (Lipinski definition) is 4. The van der Waals surface area contributed by atoms with Crippen LogP contribution in [0.15, 0.2) is 36.7 Å². The number of pyridine rings is 2. The molecule has 0 saturated heterocycles. The van der Waals surface area contributed by atoms with Gasteiger partial charge in [-0.25, -0.2) is 9.78 Å². The van der Waals surface area contributed by atoms with Crippen LogP contribution in [0.25, 0.3) is 11.0 Å². The van der Waals surface area contributed by atoms with Gasteiger partial charge in [-0.15, -0.1) is 0 Å². The van der Waals surface area contributed by atoms with Gasteiger partial charge in [-0.3, -0.25) is 9.78 Å². The van der Waals surface area contributed by atoms with Crippen molar-refractivity contribution < 1.29 is 19.4 Å². The maximum Gasteiger partial charge on any atom is 0.326 e. The van der Waals surface area contributed by atoms with Gasteiger partial charge in [-0.2, -0.15) is 0 Å². The first-order valence-corrected chi connectivity index (χ1v) is 12.4. The molecule has 0 spiro atoms. The minimum absolute atomic E-state index is 0.155. The number of carbonyl (C=O) groups is 2. The second kappa shape index (κ2) is 10.4. The molecule has 4 N–H and O–H groups in total. The smallest absolute Gasteiger partial charge is 0.326 e. The zero-order valence-electron chi connectivity index (χ0n) is 19.6. The van der Waals surface area contributed by atoms with E-state index in [1.807, 2.05) is 0 Å². The molecule has 0 aromatic carbocycles. The van der Waals surface area contributed by atoms with Gasteiger partial charge in [0, 0.05) is 37.7 Å². The Morgan fingerprint density at radius 2 is 2.11 bits per heavy atom. The van der Waals surface area contributed by atoms with E-state index >= 15 is 0 Å². The minimum atomic E-state index is -1.07. The molecule has 1 saturated carbocycles. The number of carboxylic acid groups (broad SMARTS) is 1. The quantitative estimate of drug-likeness (QED) is 0.352. The summed E-state index contributed by atoms with van der Waals surface area (Å²) in [6, 6.07) is 6.67. The Labute approximate surface area is 203 Å². The molecule has 4 heterocycles. The molecule has 2 aliphatic rings. The molecule has 1 unspecified atom stereocenters. The van der Waals surface area contributed by atoms with Gasteiger partial charge in [-0.1, -0.05) is 6.07 Å². The number of nitrogens with zero attached hydrogens (tertiary/aromatic N) is 2. The molecule has 5 rings (SSSR count). The van der Waals surface area contributed by atoms with Crippen LogP contribution in [0.2, 0.25) is 0 Å². The normalized spacial score (nSPS) is 19.9. The Hall–Kier alpha value is -3.46. The SMILES string of the molecule is O=C(NC(CCO[C@H]1C[C@H](CCc2ccc3c(n2)NCCC3)C1)C(=O)O)c1ccnc2cc[nH]c12. The first kappa shape index (κ1) is 23.3. The van der Waals surface area contributed by atoms with E-state index in [-0.39, 0.29) is 12.5 Å². The van der Waals surface area contributed by atoms with Gasteiger partial charge in [0.25, 0.3) is 5.91 Å². The van der Waals surface area contributed by atoms with Crippen LogP contribution >= 0.6 is 0 Å². The topological polar surface area (TPSA) is 129 Å². The zero-order chi connectivity index (χ0) is 24.2. The van der Waals surface area contributed by atoms with Gasteiger partial charge in [0.1, 0.15) is 11.9 Å². The summed E-state index contributed by atoms with van der Waals surface area (Å²) in [5, 5.41) is 15.6. The lowest BCUT2D eigenvalue weighted by Crippen LogP contribution is -2.42. The largest absolute Gasteiger partial charge is 0.480 e. The third-order valence-electron chi connectivity index (χ3n) is 7.01. The summed E-state index contributed by atoms with van der Waals surface area (Å²) in [7, 11) is 0. The van der Waals surface area contributed by atoms with Crippen LogP contribution < -0.4 is 10.6 Å². The summed E-state index contributed by atoms with van der Waals surface area (Å²) >= 11 is 0. The van der Waals surface area contributed by atoms with Crippen molar-refractivity contribution in [3.05, 3.63) is 53.5 Å². The number of ether oxygens (including phenoxy) is 1. The van der Waals surface area contributed by atoms with Gasteiger partial charge in [-0.05, 0) is 68.2 Å². The number of aryl methyl sites for hydroxylation is 2. The predicted octanol–water partition coefficient (Wildman–Crippen LogP) is 3.32. The molecule has 9 heteroatoms. The van der Waals surface area contributed by atoms with Crippen molar-refractivity contribution in [2.24, 2.45) is 5.92 Å². The lowest BCUT2D eigenvalue weighted by molar-refractivity contribution is -0.140. The van der Waals surface area contributed by atoms with Crippen LogP contribution in [0.4, 0.5) is 5.82 Å². The number of aromatic nitrogens is 3. The van der Waals surface area contributed by atoms with E-state index in [1.165, 1.54) is 18.2 Å². The molecular weight excluding hydrogens is 446 g/mol. The number of anilines is 1. The Kier molecular flexibility index (Phi) is 6.94. The fraction of sp³-hybridized carbons (Fsp3) is 0.462. The fourth-order valence-electron chi connectivity index (χ4n) is 4.90. The number of carbonyl (C=O) groups excluding carboxylic acids is 1. The monoisotopic (exact) mass is 477 g/mol. The maximum absolute atomic E-state index is 12.7. The molecule has 1 aliphatic heterocycles. The molecule has 1 amide bonds. The van der Waals surface area contributed by atoms with E-state index in [9.17, 15) is 14.7 Å². The van der Waals surface area contributed by atoms with E-state index < -0.39 is 17.9 Å². The average molecular weight is 478 g/mol. The number of fused-ring (bicyclic) bond motifs is 2. The molecule has 1 aliphatic carbocycles. The van der Waals surface area contributed by atoms with Crippen molar-refractivity contribution >= 4 is 28.7 Å². The predicted molar refractivity (Wildman–Crippen MR) is 131 cm³/mol. The number of carboxylic acids is 1. The number of hydrogen-bond acceptors (Lipinski definition) is 6. The van der Waals surface area contributed by atoms with Crippen molar-refractivity contribution in [2.75, 3.05) is 18.5 Å². The summed E-state index contributed by atoms with van der Waals surface area (Å²) in [6.45, 7) is 1.29. The van der Waals surface area contributed by atoms with E-state index in [1.54, 1.807) is 18.3 Å². The van der Waals surface area contributed by atoms with Crippen molar-refractivity contribution in [2.45, 2.75) is 57.1 Å². The highest BCUT2D eigenvalue weighted by atomic mass is 16.5. The van der Waals surface area contributed by atoms with Crippen molar-refractivity contribution in [1.29, 1.82) is 0 Å². The van der Waals surface area contributed by atoms with Gasteiger partial charge >= 0.3 is 5.97 Å². The molecule has 184 valence electrons. The van der Waals surface area contributed by atoms with Gasteiger partial charge in [0.15, 0.2) is 0 Å². The Bertz CT molecular complexity index is 1200. The van der Waals surface area contributed by atoms with Crippen molar-refractivity contribution in [3.8, 4) is 0 Å². The molecule has 0 radical (unpaired) electrons. The number of aliphatic carboxylic acids is 1. The fourth-order valence-corrected chi connectivity index (χ4v) is 4.90. The number of amides is 1. The first-order valence-electron chi connectivity index (χ1n) is 12.4. The second-order valence-corrected chi connectivity index (χ2v) is 9.46. The van der Waals surface area contributed by atoms with Crippen LogP contribution in [0.5, 0.6) is 0 Å². The Morgan fingerprint density at radius 1 is 1.23 bits per heavy atom. The second-order valence-electron chi connectivity index (χ2n) is 9.46. The Morgan fingerprint density at radius 3 is 2.97 bits per heavy atom. The highest BCUT2D eigenvalue weighted by Crippen LogP contribution is 2.34. The third kappa shape index (κ3) is 5.45. The van der Waals surface area contributed by atoms with E-state index in [0.717, 1.165) is 50.2 Å². The first-order chi connectivity index (χ1) is 17.1. The molecule has 1 fully saturated rings. The zero-order valence-corrected chi connectivity index (χ0v) is 19.6. The molecule has 35 heavy (non-hydrogen) atoms. The molecule has 1 atom stereocenters. The number of nitrogens with one attached hydrogen (secondary N) is 3. The standard InChI is InChI=1S/C26H31N5O4/c32-25(20-7-11-27-21-8-12-28-23(20)21)31-22(26(33)34)9-13-35-19-14-16(15-19)3-5-18-6-4-17-2-1-10-29-24(17)30-18/h4,6-8,11-12,16,19,22,28H,1-3,5,9-10,13-15H2,(H,29,30)(H,31,32)(H,33,34)/t16-,19-,22?. The molecular formula is C26H31N5O4. The van der Waals surface area contributed by atoms with Gasteiger partial charge in [0.05, 0.1) is 22.7 Å². The summed E-state index contributed by atoms with van der Waals surface area (Å²) in [4.78, 5) is 36.3. The van der Waals surface area contributed by atoms with Gasteiger partial charge in [0.2, 0.25) is 0 Å². The Balaban J connectivity index is 1.03. The molecule has 3 aromatic rings. The lowest BCUT2D eigenvalue weighted by Gasteiger charge is -2.35. The maximum atomic E-state index is 12.7. The third-order valence-corrected chi connectivity index (χ3v) is 7.01. The van der Waals surface area contributed by atoms with Crippen LogP contribution in [0.3, 0.4) is 0 Å². The van der Waals surface area contributed by atoms with Crippen LogP contribution in [-0.4, -0.2) is 57.2 Å². The highest BCUT2D eigenvalue weighted by molar-refractivity contribution is 6.05. The summed E-state index contributed by atoms with van der Waals surface area (Å²) in [5.74, 6) is 0.139. The lowest BCUT2D eigenvalue weighted by atomic mass is 9.79. The minimum Gasteiger partial charge on any atom is -0.480 e. The number of rotatable bonds is 10. The van der Waals surface area contributed by atoms with E-state index in [4.69, 9.17) is 9.72 Å². The van der Waals surface area contributed by atoms with Crippen LogP contribution in [0.1, 0.15) is 53.7 Å². The molecule has 9 nitrogen and oxygen atoms in total. The summed E-state index contributed by atoms with van der Waals surface area (Å²) in [5.41, 5.74) is 4.07. The van der Waals surface area contributed by atoms with E-state index in [2.05, 4.69) is 32.7 Å². The van der Waals surface area contributed by atoms with Crippen molar-refractivity contribution in [1.82, 2.24) is 20.3 Å². The van der Waals surface area contributed by atoms with Gasteiger partial charge < -0.3 is 25.5 Å². The van der Waals surface area contributed by atoms with Crippen LogP contribution in [0, 0.1) is 5.92 Å². The van der Waals surface area contributed by atoms with E-state index in [0.29, 0.717) is 29.1 Å². The highest BCUT2D eigenvalue weighted by Gasteiger charge is 2.30. The molecule has 0 bridgehead atoms. The van der Waals surface area contributed by atoms with Crippen LogP contribution in [-0.2, 0) is 22.4 Å².